The average molecular weight is 356 g/mol. The van der Waals surface area contributed by atoms with Crippen molar-refractivity contribution in [1.29, 1.82) is 0 Å². The number of aromatic nitrogens is 2. The first kappa shape index (κ1) is 16.0. The molecule has 0 unspecified atom stereocenters. The highest BCUT2D eigenvalue weighted by atomic mass is 32.1. The van der Waals surface area contributed by atoms with Crippen LogP contribution in [0.2, 0.25) is 0 Å². The topological polar surface area (TPSA) is 77.5 Å². The van der Waals surface area contributed by atoms with Gasteiger partial charge in [-0.15, -0.1) is 11.3 Å². The third kappa shape index (κ3) is 3.21. The van der Waals surface area contributed by atoms with Crippen LogP contribution in [0.5, 0.6) is 0 Å². The molecule has 3 aromatic heterocycles. The van der Waals surface area contributed by atoms with E-state index in [0.717, 1.165) is 10.3 Å². The van der Waals surface area contributed by atoms with Crippen LogP contribution in [0.25, 0.3) is 22.1 Å². The number of ether oxygens (including phenoxy) is 1. The fraction of sp³-hybridized carbons (Fsp3) is 0.222. The van der Waals surface area contributed by atoms with E-state index in [1.54, 1.807) is 17.4 Å². The van der Waals surface area contributed by atoms with Crippen molar-refractivity contribution >= 4 is 33.4 Å². The molecule has 0 aliphatic carbocycles. The minimum absolute atomic E-state index is 0.100. The van der Waals surface area contributed by atoms with Crippen molar-refractivity contribution in [3.8, 4) is 0 Å². The van der Waals surface area contributed by atoms with Gasteiger partial charge >= 0.3 is 0 Å². The van der Waals surface area contributed by atoms with E-state index in [1.165, 1.54) is 10.9 Å². The van der Waals surface area contributed by atoms with Crippen LogP contribution >= 0.6 is 11.3 Å². The van der Waals surface area contributed by atoms with Crippen LogP contribution in [-0.4, -0.2) is 27.4 Å². The highest BCUT2D eigenvalue weighted by molar-refractivity contribution is 7.09. The number of benzene rings is 1. The second kappa shape index (κ2) is 6.79. The minimum Gasteiger partial charge on any atom is -0.448 e. The molecular weight excluding hydrogens is 340 g/mol. The number of hydrogen-bond donors (Lipinski definition) is 1. The summed E-state index contributed by atoms with van der Waals surface area (Å²) in [6.45, 7) is 0.691. The van der Waals surface area contributed by atoms with E-state index >= 15 is 0 Å². The molecule has 0 fully saturated rings. The van der Waals surface area contributed by atoms with Crippen LogP contribution in [0, 0.1) is 0 Å². The summed E-state index contributed by atoms with van der Waals surface area (Å²) in [7, 11) is 0. The van der Waals surface area contributed by atoms with Crippen molar-refractivity contribution in [2.45, 2.75) is 19.3 Å². The third-order valence-corrected chi connectivity index (χ3v) is 4.74. The molecule has 4 rings (SSSR count). The predicted molar refractivity (Wildman–Crippen MR) is 95.8 cm³/mol. The maximum absolute atomic E-state index is 12.6. The number of hydrogen-bond acceptors (Lipinski definition) is 6. The number of thiophene rings is 1. The maximum atomic E-state index is 12.6. The van der Waals surface area contributed by atoms with Gasteiger partial charge in [-0.25, -0.2) is 4.98 Å². The zero-order valence-electron chi connectivity index (χ0n) is 13.3. The molecule has 128 valence electrons. The lowest BCUT2D eigenvalue weighted by molar-refractivity contribution is 0.0207. The molecule has 0 saturated heterocycles. The molecule has 25 heavy (non-hydrogen) atoms. The van der Waals surface area contributed by atoms with Crippen LogP contribution in [0.1, 0.15) is 4.88 Å². The molecule has 0 saturated carbocycles. The Hall–Kier alpha value is -2.48. The molecular formula is C18H16N2O4S. The first-order valence-corrected chi connectivity index (χ1v) is 8.75. The van der Waals surface area contributed by atoms with Gasteiger partial charge in [-0.2, -0.15) is 0 Å². The molecule has 1 aromatic carbocycles. The Labute approximate surface area is 146 Å². The molecule has 0 radical (unpaired) electrons. The number of para-hydroxylation sites is 1. The van der Waals surface area contributed by atoms with Gasteiger partial charge in [0.25, 0.3) is 5.56 Å². The molecule has 1 atom stereocenters. The summed E-state index contributed by atoms with van der Waals surface area (Å²) in [5.41, 5.74) is 1.06. The Bertz CT molecular complexity index is 1050. The number of fused-ring (bicyclic) bond motifs is 3. The van der Waals surface area contributed by atoms with Crippen LogP contribution < -0.4 is 5.56 Å². The van der Waals surface area contributed by atoms with E-state index in [4.69, 9.17) is 9.15 Å². The predicted octanol–water partition coefficient (Wildman–Crippen LogP) is 2.78. The number of aliphatic hydroxyl groups is 1. The number of nitrogens with zero attached hydrogens (tertiary/aromatic N) is 2. The van der Waals surface area contributed by atoms with Crippen LogP contribution in [0.15, 0.2) is 57.3 Å². The highest BCUT2D eigenvalue weighted by Crippen LogP contribution is 2.24. The molecule has 1 N–H and O–H groups in total. The highest BCUT2D eigenvalue weighted by Gasteiger charge is 2.15. The van der Waals surface area contributed by atoms with E-state index in [0.29, 0.717) is 17.7 Å². The van der Waals surface area contributed by atoms with Crippen molar-refractivity contribution in [3.05, 3.63) is 63.3 Å². The van der Waals surface area contributed by atoms with Gasteiger partial charge in [-0.3, -0.25) is 9.36 Å². The lowest BCUT2D eigenvalue weighted by Crippen LogP contribution is -2.29. The monoisotopic (exact) mass is 356 g/mol. The van der Waals surface area contributed by atoms with E-state index in [-0.39, 0.29) is 24.3 Å². The van der Waals surface area contributed by atoms with Gasteiger partial charge in [0.1, 0.15) is 11.1 Å². The van der Waals surface area contributed by atoms with E-state index < -0.39 is 6.10 Å². The van der Waals surface area contributed by atoms with Gasteiger partial charge in [0.15, 0.2) is 0 Å². The van der Waals surface area contributed by atoms with Crippen LogP contribution in [-0.2, 0) is 17.9 Å². The minimum atomic E-state index is -0.804. The summed E-state index contributed by atoms with van der Waals surface area (Å²) in [6, 6.07) is 11.3. The number of aliphatic hydroxyl groups excluding tert-OH is 1. The van der Waals surface area contributed by atoms with Crippen molar-refractivity contribution in [2.75, 3.05) is 6.61 Å². The second-order valence-electron chi connectivity index (χ2n) is 5.73. The molecule has 6 nitrogen and oxygen atoms in total. The molecule has 7 heteroatoms. The molecule has 0 amide bonds. The Morgan fingerprint density at radius 2 is 2.16 bits per heavy atom. The average Bonchev–Trinajstić information content (AvgIpc) is 3.25. The molecule has 3 heterocycles. The lowest BCUT2D eigenvalue weighted by atomic mass is 10.2. The summed E-state index contributed by atoms with van der Waals surface area (Å²) in [5.74, 6) is 0. The molecule has 0 aliphatic heterocycles. The zero-order chi connectivity index (χ0) is 17.2. The van der Waals surface area contributed by atoms with Gasteiger partial charge < -0.3 is 14.3 Å². The van der Waals surface area contributed by atoms with Gasteiger partial charge in [-0.05, 0) is 23.6 Å². The Kier molecular flexibility index (Phi) is 4.35. The molecule has 0 aliphatic rings. The summed E-state index contributed by atoms with van der Waals surface area (Å²) >= 11 is 1.60. The number of furan rings is 1. The van der Waals surface area contributed by atoms with Crippen molar-refractivity contribution in [1.82, 2.24) is 9.55 Å². The summed E-state index contributed by atoms with van der Waals surface area (Å²) in [5, 5.41) is 12.9. The normalized spacial score (nSPS) is 12.8. The fourth-order valence-electron chi connectivity index (χ4n) is 2.72. The molecule has 0 bridgehead atoms. The Balaban J connectivity index is 1.50. The zero-order valence-corrected chi connectivity index (χ0v) is 14.1. The van der Waals surface area contributed by atoms with Gasteiger partial charge in [0.2, 0.25) is 5.58 Å². The second-order valence-corrected chi connectivity index (χ2v) is 6.76. The van der Waals surface area contributed by atoms with Crippen molar-refractivity contribution in [2.24, 2.45) is 0 Å². The van der Waals surface area contributed by atoms with Crippen LogP contribution in [0.3, 0.4) is 0 Å². The standard InChI is InChI=1S/C18H16N2O4S/c21-12(9-23-10-13-4-3-7-25-13)8-20-11-19-16-14-5-1-2-6-15(14)24-17(16)18(20)22/h1-7,11-12,21H,8-10H2/t12-/m0/s1. The van der Waals surface area contributed by atoms with E-state index in [1.807, 2.05) is 35.7 Å². The number of rotatable bonds is 6. The van der Waals surface area contributed by atoms with E-state index in [2.05, 4.69) is 4.98 Å². The molecule has 0 spiro atoms. The SMILES string of the molecule is O=c1c2oc3ccccc3c2ncn1C[C@H](O)COCc1cccs1. The fourth-order valence-corrected chi connectivity index (χ4v) is 3.36. The van der Waals surface area contributed by atoms with Crippen LogP contribution in [0.4, 0.5) is 0 Å². The molecule has 4 aromatic rings. The Morgan fingerprint density at radius 1 is 1.28 bits per heavy atom. The summed E-state index contributed by atoms with van der Waals surface area (Å²) in [6.07, 6.45) is 0.635. The third-order valence-electron chi connectivity index (χ3n) is 3.89. The van der Waals surface area contributed by atoms with Gasteiger partial charge in [-0.1, -0.05) is 18.2 Å². The Morgan fingerprint density at radius 3 is 3.00 bits per heavy atom. The quantitative estimate of drug-likeness (QED) is 0.575. The maximum Gasteiger partial charge on any atom is 0.297 e. The smallest absolute Gasteiger partial charge is 0.297 e. The van der Waals surface area contributed by atoms with Gasteiger partial charge in [0.05, 0.1) is 32.2 Å². The summed E-state index contributed by atoms with van der Waals surface area (Å²) in [4.78, 5) is 18.0. The summed E-state index contributed by atoms with van der Waals surface area (Å²) < 4.78 is 12.5. The first-order valence-electron chi connectivity index (χ1n) is 7.87. The first-order chi connectivity index (χ1) is 12.2. The lowest BCUT2D eigenvalue weighted by Gasteiger charge is -2.12. The van der Waals surface area contributed by atoms with E-state index in [9.17, 15) is 9.90 Å². The van der Waals surface area contributed by atoms with Crippen molar-refractivity contribution in [3.63, 3.8) is 0 Å². The van der Waals surface area contributed by atoms with Gasteiger partial charge in [0, 0.05) is 10.3 Å². The largest absolute Gasteiger partial charge is 0.448 e. The van der Waals surface area contributed by atoms with Crippen molar-refractivity contribution < 1.29 is 14.3 Å².